The number of rotatable bonds is 9. The monoisotopic (exact) mass is 402 g/mol. The van der Waals surface area contributed by atoms with Crippen molar-refractivity contribution in [2.75, 3.05) is 59.3 Å². The van der Waals surface area contributed by atoms with Gasteiger partial charge in [0.15, 0.2) is 5.13 Å². The van der Waals surface area contributed by atoms with Crippen LogP contribution in [0, 0.1) is 5.92 Å². The lowest BCUT2D eigenvalue weighted by atomic mass is 9.96. The Morgan fingerprint density at radius 1 is 1.18 bits per heavy atom. The Morgan fingerprint density at radius 2 is 1.89 bits per heavy atom. The van der Waals surface area contributed by atoms with Crippen molar-refractivity contribution >= 4 is 16.5 Å². The molecule has 1 fully saturated rings. The first kappa shape index (κ1) is 21.1. The molecule has 0 amide bonds. The summed E-state index contributed by atoms with van der Waals surface area (Å²) < 4.78 is 5.28. The largest absolute Gasteiger partial charge is 0.497 e. The number of hydrogen-bond donors (Lipinski definition) is 0. The number of benzene rings is 1. The summed E-state index contributed by atoms with van der Waals surface area (Å²) in [6, 6.07) is 8.49. The molecule has 0 radical (unpaired) electrons. The van der Waals surface area contributed by atoms with Gasteiger partial charge in [0.05, 0.1) is 7.11 Å². The predicted molar refractivity (Wildman–Crippen MR) is 119 cm³/mol. The predicted octanol–water partition coefficient (Wildman–Crippen LogP) is 3.60. The fraction of sp³-hybridized carbons (Fsp3) is 0.591. The number of hydrogen-bond acceptors (Lipinski definition) is 6. The molecule has 2 aromatic rings. The van der Waals surface area contributed by atoms with Crippen LogP contribution < -0.4 is 9.64 Å². The molecule has 0 saturated carbocycles. The molecule has 0 spiro atoms. The summed E-state index contributed by atoms with van der Waals surface area (Å²) in [4.78, 5) is 13.1. The lowest BCUT2D eigenvalue weighted by Gasteiger charge is -2.33. The molecule has 1 saturated heterocycles. The van der Waals surface area contributed by atoms with Gasteiger partial charge in [-0.05, 0) is 63.0 Å². The molecule has 0 unspecified atom stereocenters. The van der Waals surface area contributed by atoms with Crippen molar-refractivity contribution in [2.45, 2.75) is 25.8 Å². The highest BCUT2D eigenvalue weighted by Gasteiger charge is 2.20. The van der Waals surface area contributed by atoms with Crippen molar-refractivity contribution in [1.82, 2.24) is 14.8 Å². The molecular formula is C22H34N4OS. The fourth-order valence-corrected chi connectivity index (χ4v) is 4.60. The van der Waals surface area contributed by atoms with Gasteiger partial charge in [0.2, 0.25) is 0 Å². The molecule has 0 bridgehead atoms. The van der Waals surface area contributed by atoms with E-state index in [2.05, 4.69) is 71.3 Å². The average Bonchev–Trinajstić information content (AvgIpc) is 3.17. The molecule has 2 heterocycles. The lowest BCUT2D eigenvalue weighted by molar-refractivity contribution is 0.157. The third-order valence-electron chi connectivity index (χ3n) is 5.53. The van der Waals surface area contributed by atoms with E-state index in [1.165, 1.54) is 42.9 Å². The molecular weight excluding hydrogens is 368 g/mol. The molecule has 0 atom stereocenters. The number of methoxy groups -OCH3 is 1. The van der Waals surface area contributed by atoms with Crippen LogP contribution in [0.25, 0.3) is 0 Å². The molecule has 1 aromatic carbocycles. The maximum atomic E-state index is 5.28. The van der Waals surface area contributed by atoms with Gasteiger partial charge in [-0.25, -0.2) is 4.98 Å². The number of nitrogens with zero attached hydrogens (tertiary/aromatic N) is 4. The first-order chi connectivity index (χ1) is 13.5. The summed E-state index contributed by atoms with van der Waals surface area (Å²) in [5, 5.41) is 1.09. The van der Waals surface area contributed by atoms with Crippen LogP contribution in [0.5, 0.6) is 5.75 Å². The van der Waals surface area contributed by atoms with Gasteiger partial charge in [-0.2, -0.15) is 0 Å². The Bertz CT molecular complexity index is 708. The molecule has 6 heteroatoms. The Kier molecular flexibility index (Phi) is 7.71. The van der Waals surface area contributed by atoms with Crippen molar-refractivity contribution in [3.63, 3.8) is 0 Å². The van der Waals surface area contributed by atoms with Gasteiger partial charge in [-0.1, -0.05) is 12.1 Å². The third-order valence-corrected chi connectivity index (χ3v) is 6.68. The second-order valence-corrected chi connectivity index (χ2v) is 9.18. The van der Waals surface area contributed by atoms with E-state index in [4.69, 9.17) is 4.74 Å². The molecule has 1 aromatic heterocycles. The zero-order valence-electron chi connectivity index (χ0n) is 17.7. The topological polar surface area (TPSA) is 31.8 Å². The van der Waals surface area contributed by atoms with Gasteiger partial charge in [0.25, 0.3) is 0 Å². The summed E-state index contributed by atoms with van der Waals surface area (Å²) in [5.41, 5.74) is 1.37. The van der Waals surface area contributed by atoms with E-state index in [1.807, 2.05) is 0 Å². The minimum absolute atomic E-state index is 0.799. The van der Waals surface area contributed by atoms with Crippen LogP contribution >= 0.6 is 11.3 Å². The second-order valence-electron chi connectivity index (χ2n) is 8.08. The van der Waals surface area contributed by atoms with Crippen LogP contribution in [-0.4, -0.2) is 69.2 Å². The van der Waals surface area contributed by atoms with E-state index in [9.17, 15) is 0 Å². The zero-order valence-corrected chi connectivity index (χ0v) is 18.5. The number of ether oxygens (including phenoxy) is 1. The van der Waals surface area contributed by atoms with Crippen molar-refractivity contribution in [1.29, 1.82) is 0 Å². The Labute approximate surface area is 173 Å². The highest BCUT2D eigenvalue weighted by molar-refractivity contribution is 7.15. The molecule has 1 aliphatic heterocycles. The molecule has 0 N–H and O–H groups in total. The Hall–Kier alpha value is -1.63. The van der Waals surface area contributed by atoms with Crippen LogP contribution in [0.4, 0.5) is 5.13 Å². The second kappa shape index (κ2) is 10.2. The normalized spacial score (nSPS) is 15.9. The van der Waals surface area contributed by atoms with Crippen LogP contribution in [0.3, 0.4) is 0 Å². The van der Waals surface area contributed by atoms with Gasteiger partial charge in [-0.15, -0.1) is 11.3 Å². The molecule has 5 nitrogen and oxygen atoms in total. The average molecular weight is 403 g/mol. The van der Waals surface area contributed by atoms with E-state index in [1.54, 1.807) is 18.4 Å². The van der Waals surface area contributed by atoms with Gasteiger partial charge in [0, 0.05) is 44.8 Å². The molecule has 3 rings (SSSR count). The van der Waals surface area contributed by atoms with Crippen LogP contribution in [-0.2, 0) is 13.0 Å². The standard InChI is InChI=1S/C22H34N4OS/c1-24(2)22-23-15-21(28-22)17-26(16-19-9-12-25(3)13-10-19)14-11-18-5-7-20(27-4)8-6-18/h5-8,15,19H,9-14,16-17H2,1-4H3. The van der Waals surface area contributed by atoms with Crippen molar-refractivity contribution < 1.29 is 4.74 Å². The van der Waals surface area contributed by atoms with Gasteiger partial charge in [-0.3, -0.25) is 4.90 Å². The summed E-state index contributed by atoms with van der Waals surface area (Å²) in [7, 11) is 8.07. The third kappa shape index (κ3) is 6.19. The Balaban J connectivity index is 1.62. The Morgan fingerprint density at radius 3 is 2.50 bits per heavy atom. The highest BCUT2D eigenvalue weighted by atomic mass is 32.1. The van der Waals surface area contributed by atoms with Gasteiger partial charge >= 0.3 is 0 Å². The molecule has 1 aliphatic rings. The first-order valence-electron chi connectivity index (χ1n) is 10.2. The summed E-state index contributed by atoms with van der Waals surface area (Å²) in [6.45, 7) is 5.70. The van der Waals surface area contributed by atoms with Gasteiger partial charge < -0.3 is 14.5 Å². The zero-order chi connectivity index (χ0) is 19.9. The summed E-state index contributed by atoms with van der Waals surface area (Å²) >= 11 is 1.81. The molecule has 154 valence electrons. The minimum Gasteiger partial charge on any atom is -0.497 e. The highest BCUT2D eigenvalue weighted by Crippen LogP contribution is 2.24. The lowest BCUT2D eigenvalue weighted by Crippen LogP contribution is -2.37. The van der Waals surface area contributed by atoms with E-state index in [0.717, 1.165) is 36.3 Å². The quantitative estimate of drug-likeness (QED) is 0.640. The maximum Gasteiger partial charge on any atom is 0.185 e. The van der Waals surface area contributed by atoms with Crippen molar-refractivity contribution in [3.8, 4) is 5.75 Å². The first-order valence-corrected chi connectivity index (χ1v) is 11.0. The van der Waals surface area contributed by atoms with Crippen LogP contribution in [0.2, 0.25) is 0 Å². The summed E-state index contributed by atoms with van der Waals surface area (Å²) in [6.07, 6.45) is 5.73. The number of aromatic nitrogens is 1. The van der Waals surface area contributed by atoms with E-state index in [0.29, 0.717) is 0 Å². The number of anilines is 1. The fourth-order valence-electron chi connectivity index (χ4n) is 3.72. The number of piperidine rings is 1. The van der Waals surface area contributed by atoms with Crippen molar-refractivity contribution in [2.24, 2.45) is 5.92 Å². The maximum absolute atomic E-state index is 5.28. The molecule has 28 heavy (non-hydrogen) atoms. The minimum atomic E-state index is 0.799. The SMILES string of the molecule is COc1ccc(CCN(Cc2cnc(N(C)C)s2)CC2CCN(C)CC2)cc1. The smallest absolute Gasteiger partial charge is 0.185 e. The number of thiazole rings is 1. The summed E-state index contributed by atoms with van der Waals surface area (Å²) in [5.74, 6) is 1.72. The van der Waals surface area contributed by atoms with Crippen molar-refractivity contribution in [3.05, 3.63) is 40.9 Å². The van der Waals surface area contributed by atoms with Crippen LogP contribution in [0.15, 0.2) is 30.5 Å². The molecule has 0 aliphatic carbocycles. The number of likely N-dealkylation sites (tertiary alicyclic amines) is 1. The van der Waals surface area contributed by atoms with Gasteiger partial charge in [0.1, 0.15) is 5.75 Å². The van der Waals surface area contributed by atoms with E-state index >= 15 is 0 Å². The van der Waals surface area contributed by atoms with E-state index < -0.39 is 0 Å². The van der Waals surface area contributed by atoms with E-state index in [-0.39, 0.29) is 0 Å². The van der Waals surface area contributed by atoms with Crippen LogP contribution in [0.1, 0.15) is 23.3 Å².